The molecule has 0 saturated carbocycles. The Labute approximate surface area is 109 Å². The molecular weight excluding hydrogens is 248 g/mol. The topological polar surface area (TPSA) is 90.1 Å². The number of rotatable bonds is 5. The van der Waals surface area contributed by atoms with Crippen LogP contribution in [0.5, 0.6) is 5.75 Å². The maximum atomic E-state index is 10.5. The van der Waals surface area contributed by atoms with Crippen molar-refractivity contribution < 1.29 is 14.6 Å². The minimum absolute atomic E-state index is 0.109. The van der Waals surface area contributed by atoms with Crippen LogP contribution in [0.1, 0.15) is 19.7 Å². The number of aliphatic carboxylic acids is 1. The van der Waals surface area contributed by atoms with E-state index in [1.807, 2.05) is 13.8 Å². The molecule has 0 aliphatic rings. The van der Waals surface area contributed by atoms with Crippen molar-refractivity contribution in [2.45, 2.75) is 26.4 Å². The molecule has 0 aliphatic heterocycles. The van der Waals surface area contributed by atoms with Gasteiger partial charge in [0.15, 0.2) is 5.82 Å². The molecule has 19 heavy (non-hydrogen) atoms. The molecule has 7 heteroatoms. The molecule has 0 aliphatic carbocycles. The molecule has 0 bridgehead atoms. The van der Waals surface area contributed by atoms with Gasteiger partial charge in [-0.15, -0.1) is 15.0 Å². The monoisotopic (exact) mass is 262 g/mol. The second kappa shape index (κ2) is 5.47. The van der Waals surface area contributed by atoms with Gasteiger partial charge in [-0.1, -0.05) is 0 Å². The molecule has 100 valence electrons. The first-order chi connectivity index (χ1) is 9.04. The molecule has 7 nitrogen and oxygen atoms in total. The lowest BCUT2D eigenvalue weighted by Crippen LogP contribution is -2.06. The molecule has 1 aromatic carbocycles. The summed E-state index contributed by atoms with van der Waals surface area (Å²) < 4.78 is 5.52. The van der Waals surface area contributed by atoms with E-state index in [2.05, 4.69) is 15.4 Å². The zero-order valence-electron chi connectivity index (χ0n) is 10.6. The fourth-order valence-electron chi connectivity index (χ4n) is 1.49. The lowest BCUT2D eigenvalue weighted by Gasteiger charge is -2.09. The minimum Gasteiger partial charge on any atom is -0.491 e. The zero-order valence-corrected chi connectivity index (χ0v) is 10.6. The summed E-state index contributed by atoms with van der Waals surface area (Å²) in [6.45, 7) is 3.90. The highest BCUT2D eigenvalue weighted by Gasteiger charge is 2.08. The average Bonchev–Trinajstić information content (AvgIpc) is 2.76. The van der Waals surface area contributed by atoms with Gasteiger partial charge in [-0.2, -0.15) is 0 Å². The van der Waals surface area contributed by atoms with Crippen molar-refractivity contribution in [1.29, 1.82) is 0 Å². The van der Waals surface area contributed by atoms with E-state index in [1.54, 1.807) is 24.3 Å². The summed E-state index contributed by atoms with van der Waals surface area (Å²) in [5.74, 6) is -0.0557. The number of carbonyl (C=O) groups is 1. The van der Waals surface area contributed by atoms with Crippen LogP contribution in [-0.2, 0) is 11.2 Å². The van der Waals surface area contributed by atoms with Gasteiger partial charge in [0.05, 0.1) is 11.8 Å². The van der Waals surface area contributed by atoms with Crippen molar-refractivity contribution in [3.63, 3.8) is 0 Å². The summed E-state index contributed by atoms with van der Waals surface area (Å²) in [6, 6.07) is 7.17. The van der Waals surface area contributed by atoms with Gasteiger partial charge in [0.1, 0.15) is 12.2 Å². The highest BCUT2D eigenvalue weighted by atomic mass is 16.5. The van der Waals surface area contributed by atoms with Gasteiger partial charge in [0, 0.05) is 0 Å². The third kappa shape index (κ3) is 3.51. The summed E-state index contributed by atoms with van der Waals surface area (Å²) in [7, 11) is 0. The number of ether oxygens (including phenoxy) is 1. The first kappa shape index (κ1) is 13.0. The Bertz CT molecular complexity index is 563. The summed E-state index contributed by atoms with van der Waals surface area (Å²) >= 11 is 0. The summed E-state index contributed by atoms with van der Waals surface area (Å²) in [6.07, 6.45) is -0.133. The van der Waals surface area contributed by atoms with E-state index in [1.165, 1.54) is 4.80 Å². The maximum absolute atomic E-state index is 10.5. The van der Waals surface area contributed by atoms with Gasteiger partial charge in [-0.25, -0.2) is 0 Å². The van der Waals surface area contributed by atoms with E-state index in [0.29, 0.717) is 5.69 Å². The highest BCUT2D eigenvalue weighted by Crippen LogP contribution is 2.15. The molecule has 0 fully saturated rings. The summed E-state index contributed by atoms with van der Waals surface area (Å²) in [5, 5.41) is 20.1. The quantitative estimate of drug-likeness (QED) is 0.867. The number of hydrogen-bond acceptors (Lipinski definition) is 5. The molecule has 0 saturated heterocycles. The van der Waals surface area contributed by atoms with Gasteiger partial charge < -0.3 is 9.84 Å². The Balaban J connectivity index is 2.13. The molecule has 0 atom stereocenters. The fraction of sp³-hybridized carbons (Fsp3) is 0.333. The normalized spacial score (nSPS) is 10.7. The first-order valence-corrected chi connectivity index (χ1v) is 5.82. The predicted molar refractivity (Wildman–Crippen MR) is 66.3 cm³/mol. The summed E-state index contributed by atoms with van der Waals surface area (Å²) in [4.78, 5) is 11.8. The van der Waals surface area contributed by atoms with Crippen LogP contribution in [0.4, 0.5) is 0 Å². The predicted octanol–water partition coefficient (Wildman–Crippen LogP) is 1.08. The molecular formula is C12H14N4O3. The second-order valence-electron chi connectivity index (χ2n) is 4.23. The first-order valence-electron chi connectivity index (χ1n) is 5.82. The SMILES string of the molecule is CC(C)Oc1ccc(-n2nnc(CC(=O)O)n2)cc1. The lowest BCUT2D eigenvalue weighted by molar-refractivity contribution is -0.136. The van der Waals surface area contributed by atoms with Crippen LogP contribution < -0.4 is 4.74 Å². The number of carboxylic acid groups (broad SMARTS) is 1. The number of nitrogens with zero attached hydrogens (tertiary/aromatic N) is 4. The molecule has 1 N–H and O–H groups in total. The van der Waals surface area contributed by atoms with Gasteiger partial charge in [-0.05, 0) is 43.3 Å². The van der Waals surface area contributed by atoms with Crippen molar-refractivity contribution in [2.24, 2.45) is 0 Å². The Morgan fingerprint density at radius 1 is 1.37 bits per heavy atom. The Hall–Kier alpha value is -2.44. The van der Waals surface area contributed by atoms with Crippen LogP contribution in [0.25, 0.3) is 5.69 Å². The lowest BCUT2D eigenvalue weighted by atomic mass is 10.3. The molecule has 0 spiro atoms. The van der Waals surface area contributed by atoms with Crippen LogP contribution in [0.2, 0.25) is 0 Å². The maximum Gasteiger partial charge on any atom is 0.311 e. The van der Waals surface area contributed by atoms with Crippen LogP contribution >= 0.6 is 0 Å². The van der Waals surface area contributed by atoms with Gasteiger partial charge in [0.25, 0.3) is 0 Å². The van der Waals surface area contributed by atoms with Gasteiger partial charge in [-0.3, -0.25) is 4.79 Å². The van der Waals surface area contributed by atoms with Crippen molar-refractivity contribution in [3.05, 3.63) is 30.1 Å². The molecule has 0 amide bonds. The third-order valence-corrected chi connectivity index (χ3v) is 2.20. The van der Waals surface area contributed by atoms with Crippen LogP contribution in [0, 0.1) is 0 Å². The van der Waals surface area contributed by atoms with Crippen LogP contribution in [0.15, 0.2) is 24.3 Å². The molecule has 0 radical (unpaired) electrons. The molecule has 0 unspecified atom stereocenters. The van der Waals surface area contributed by atoms with Gasteiger partial charge in [0.2, 0.25) is 0 Å². The van der Waals surface area contributed by atoms with E-state index >= 15 is 0 Å². The van der Waals surface area contributed by atoms with Crippen molar-refractivity contribution >= 4 is 5.97 Å². The second-order valence-corrected chi connectivity index (χ2v) is 4.23. The largest absolute Gasteiger partial charge is 0.491 e. The number of hydrogen-bond donors (Lipinski definition) is 1. The fourth-order valence-corrected chi connectivity index (χ4v) is 1.49. The summed E-state index contributed by atoms with van der Waals surface area (Å²) in [5.41, 5.74) is 0.695. The third-order valence-electron chi connectivity index (χ3n) is 2.20. The van der Waals surface area contributed by atoms with E-state index in [9.17, 15) is 4.79 Å². The highest BCUT2D eigenvalue weighted by molar-refractivity contribution is 5.68. The minimum atomic E-state index is -0.986. The Morgan fingerprint density at radius 2 is 2.05 bits per heavy atom. The van der Waals surface area contributed by atoms with Crippen LogP contribution in [-0.4, -0.2) is 37.4 Å². The van der Waals surface area contributed by atoms with E-state index in [4.69, 9.17) is 9.84 Å². The standard InChI is InChI=1S/C12H14N4O3/c1-8(2)19-10-5-3-9(4-6-10)16-14-11(13-15-16)7-12(17)18/h3-6,8H,7H2,1-2H3,(H,17,18). The number of benzene rings is 1. The van der Waals surface area contributed by atoms with E-state index < -0.39 is 5.97 Å². The van der Waals surface area contributed by atoms with Crippen LogP contribution in [0.3, 0.4) is 0 Å². The van der Waals surface area contributed by atoms with Crippen molar-refractivity contribution in [3.8, 4) is 11.4 Å². The Kier molecular flexibility index (Phi) is 3.74. The molecule has 2 rings (SSSR count). The molecule has 1 heterocycles. The number of tetrazole rings is 1. The zero-order chi connectivity index (χ0) is 13.8. The average molecular weight is 262 g/mol. The molecule has 2 aromatic rings. The van der Waals surface area contributed by atoms with Crippen molar-refractivity contribution in [2.75, 3.05) is 0 Å². The van der Waals surface area contributed by atoms with Gasteiger partial charge >= 0.3 is 5.97 Å². The smallest absolute Gasteiger partial charge is 0.311 e. The molecule has 1 aromatic heterocycles. The Morgan fingerprint density at radius 3 is 2.63 bits per heavy atom. The van der Waals surface area contributed by atoms with Crippen molar-refractivity contribution in [1.82, 2.24) is 20.2 Å². The number of carboxylic acids is 1. The van der Waals surface area contributed by atoms with E-state index in [0.717, 1.165) is 5.75 Å². The number of aromatic nitrogens is 4. The van der Waals surface area contributed by atoms with E-state index in [-0.39, 0.29) is 18.3 Å².